The quantitative estimate of drug-likeness (QED) is 0.756. The molecule has 3 rings (SSSR count). The summed E-state index contributed by atoms with van der Waals surface area (Å²) in [5.41, 5.74) is 2.90. The number of aryl methyl sites for hydroxylation is 1. The van der Waals surface area contributed by atoms with E-state index in [1.165, 1.54) is 0 Å². The van der Waals surface area contributed by atoms with Gasteiger partial charge in [0.15, 0.2) is 0 Å². The molecule has 0 aromatic carbocycles. The second kappa shape index (κ2) is 5.54. The first-order valence-corrected chi connectivity index (χ1v) is 6.85. The van der Waals surface area contributed by atoms with Crippen LogP contribution < -0.4 is 5.32 Å². The van der Waals surface area contributed by atoms with Crippen LogP contribution in [-0.4, -0.2) is 20.3 Å². The zero-order valence-corrected chi connectivity index (χ0v) is 12.1. The van der Waals surface area contributed by atoms with Crippen LogP contribution in [0.1, 0.15) is 21.7 Å². The number of fused-ring (bicyclic) bond motifs is 1. The molecule has 3 aromatic rings. The Morgan fingerprint density at radius 3 is 2.95 bits per heavy atom. The predicted octanol–water partition coefficient (Wildman–Crippen LogP) is 2.62. The minimum atomic E-state index is -0.166. The Hall–Kier alpha value is -2.40. The molecule has 0 saturated heterocycles. The average molecular weight is 301 g/mol. The van der Waals surface area contributed by atoms with Crippen LogP contribution in [0.25, 0.3) is 5.65 Å². The predicted molar refractivity (Wildman–Crippen MR) is 80.3 cm³/mol. The molecule has 1 N–H and O–H groups in total. The lowest BCUT2D eigenvalue weighted by atomic mass is 10.2. The Bertz CT molecular complexity index is 795. The standard InChI is InChI=1S/C15H13ClN4O/c1-10-14(20-7-3-2-4-13(20)19-10)15(21)18-9-11-5-6-12(16)17-8-11/h2-8H,9H2,1H3,(H,18,21). The van der Waals surface area contributed by atoms with Gasteiger partial charge in [0.05, 0.1) is 5.69 Å². The number of carbonyl (C=O) groups is 1. The fourth-order valence-electron chi connectivity index (χ4n) is 2.16. The molecule has 3 heterocycles. The second-order valence-corrected chi connectivity index (χ2v) is 5.03. The van der Waals surface area contributed by atoms with Crippen LogP contribution >= 0.6 is 11.6 Å². The van der Waals surface area contributed by atoms with Crippen LogP contribution in [0.3, 0.4) is 0 Å². The number of halogens is 1. The summed E-state index contributed by atoms with van der Waals surface area (Å²) in [5, 5.41) is 3.30. The number of imidazole rings is 1. The van der Waals surface area contributed by atoms with Gasteiger partial charge in [0.25, 0.3) is 5.91 Å². The number of nitrogens with zero attached hydrogens (tertiary/aromatic N) is 3. The minimum absolute atomic E-state index is 0.166. The number of pyridine rings is 2. The number of rotatable bonds is 3. The van der Waals surface area contributed by atoms with Crippen molar-refractivity contribution in [2.45, 2.75) is 13.5 Å². The molecule has 0 aliphatic carbocycles. The number of nitrogens with one attached hydrogen (secondary N) is 1. The Labute approximate surface area is 126 Å². The average Bonchev–Trinajstić information content (AvgIpc) is 2.82. The first-order chi connectivity index (χ1) is 10.1. The lowest BCUT2D eigenvalue weighted by Crippen LogP contribution is -2.25. The summed E-state index contributed by atoms with van der Waals surface area (Å²) >= 11 is 5.73. The van der Waals surface area contributed by atoms with E-state index < -0.39 is 0 Å². The van der Waals surface area contributed by atoms with Crippen LogP contribution in [-0.2, 0) is 6.54 Å². The van der Waals surface area contributed by atoms with Gasteiger partial charge in [0.1, 0.15) is 16.5 Å². The van der Waals surface area contributed by atoms with E-state index in [9.17, 15) is 4.79 Å². The molecule has 1 amide bonds. The topological polar surface area (TPSA) is 59.3 Å². The van der Waals surface area contributed by atoms with E-state index in [0.717, 1.165) is 11.2 Å². The third kappa shape index (κ3) is 2.73. The van der Waals surface area contributed by atoms with Gasteiger partial charge >= 0.3 is 0 Å². The maximum absolute atomic E-state index is 12.4. The summed E-state index contributed by atoms with van der Waals surface area (Å²) in [7, 11) is 0. The minimum Gasteiger partial charge on any atom is -0.347 e. The summed E-state index contributed by atoms with van der Waals surface area (Å²) in [6.07, 6.45) is 3.47. The number of hydrogen-bond acceptors (Lipinski definition) is 3. The third-order valence-corrected chi connectivity index (χ3v) is 3.38. The lowest BCUT2D eigenvalue weighted by molar-refractivity contribution is 0.0944. The first kappa shape index (κ1) is 13.6. The molecule has 0 bridgehead atoms. The molecule has 5 nitrogen and oxygen atoms in total. The van der Waals surface area contributed by atoms with Crippen molar-refractivity contribution in [2.24, 2.45) is 0 Å². The zero-order chi connectivity index (χ0) is 14.8. The normalized spacial score (nSPS) is 10.8. The third-order valence-electron chi connectivity index (χ3n) is 3.16. The molecular formula is C15H13ClN4O. The molecule has 0 saturated carbocycles. The molecule has 0 atom stereocenters. The van der Waals surface area contributed by atoms with Crippen molar-refractivity contribution in [3.63, 3.8) is 0 Å². The zero-order valence-electron chi connectivity index (χ0n) is 11.4. The summed E-state index contributed by atoms with van der Waals surface area (Å²) in [6.45, 7) is 2.22. The highest BCUT2D eigenvalue weighted by molar-refractivity contribution is 6.29. The van der Waals surface area contributed by atoms with Crippen molar-refractivity contribution in [3.05, 3.63) is 64.8 Å². The smallest absolute Gasteiger partial charge is 0.270 e. The number of hydrogen-bond donors (Lipinski definition) is 1. The van der Waals surface area contributed by atoms with Crippen molar-refractivity contribution in [3.8, 4) is 0 Å². The molecule has 0 aliphatic heterocycles. The van der Waals surface area contributed by atoms with E-state index in [0.29, 0.717) is 23.1 Å². The van der Waals surface area contributed by atoms with Crippen LogP contribution in [0.5, 0.6) is 0 Å². The van der Waals surface area contributed by atoms with Crippen molar-refractivity contribution < 1.29 is 4.79 Å². The maximum atomic E-state index is 12.4. The van der Waals surface area contributed by atoms with E-state index in [1.807, 2.05) is 37.4 Å². The van der Waals surface area contributed by atoms with E-state index in [2.05, 4.69) is 15.3 Å². The van der Waals surface area contributed by atoms with E-state index in [4.69, 9.17) is 11.6 Å². The molecule has 0 fully saturated rings. The number of aromatic nitrogens is 3. The lowest BCUT2D eigenvalue weighted by Gasteiger charge is -2.06. The molecule has 0 radical (unpaired) electrons. The van der Waals surface area contributed by atoms with Crippen molar-refractivity contribution in [1.82, 2.24) is 19.7 Å². The summed E-state index contributed by atoms with van der Waals surface area (Å²) < 4.78 is 1.78. The van der Waals surface area contributed by atoms with E-state index >= 15 is 0 Å². The number of carbonyl (C=O) groups excluding carboxylic acids is 1. The molecule has 21 heavy (non-hydrogen) atoms. The Kier molecular flexibility index (Phi) is 3.58. The summed E-state index contributed by atoms with van der Waals surface area (Å²) in [5.74, 6) is -0.166. The van der Waals surface area contributed by atoms with Gasteiger partial charge in [-0.25, -0.2) is 9.97 Å². The molecule has 3 aromatic heterocycles. The van der Waals surface area contributed by atoms with Gasteiger partial charge in [-0.15, -0.1) is 0 Å². The number of amides is 1. The monoisotopic (exact) mass is 300 g/mol. The SMILES string of the molecule is Cc1nc2ccccn2c1C(=O)NCc1ccc(Cl)nc1. The van der Waals surface area contributed by atoms with E-state index in [1.54, 1.807) is 16.7 Å². The van der Waals surface area contributed by atoms with Gasteiger partial charge in [0, 0.05) is 18.9 Å². The van der Waals surface area contributed by atoms with Crippen molar-refractivity contribution >= 4 is 23.2 Å². The van der Waals surface area contributed by atoms with Crippen molar-refractivity contribution in [1.29, 1.82) is 0 Å². The fourth-order valence-corrected chi connectivity index (χ4v) is 2.28. The summed E-state index contributed by atoms with van der Waals surface area (Å²) in [6, 6.07) is 9.16. The highest BCUT2D eigenvalue weighted by Gasteiger charge is 2.15. The van der Waals surface area contributed by atoms with Crippen molar-refractivity contribution in [2.75, 3.05) is 0 Å². The molecule has 0 spiro atoms. The highest BCUT2D eigenvalue weighted by atomic mass is 35.5. The van der Waals surface area contributed by atoms with Crippen LogP contribution in [0, 0.1) is 6.92 Å². The maximum Gasteiger partial charge on any atom is 0.270 e. The summed E-state index contributed by atoms with van der Waals surface area (Å²) in [4.78, 5) is 20.7. The van der Waals surface area contributed by atoms with Gasteiger partial charge in [-0.05, 0) is 30.7 Å². The molecule has 106 valence electrons. The van der Waals surface area contributed by atoms with E-state index in [-0.39, 0.29) is 5.91 Å². The fraction of sp³-hybridized carbons (Fsp3) is 0.133. The van der Waals surface area contributed by atoms with Gasteiger partial charge in [-0.1, -0.05) is 23.7 Å². The molecule has 0 aliphatic rings. The van der Waals surface area contributed by atoms with Crippen LogP contribution in [0.4, 0.5) is 0 Å². The van der Waals surface area contributed by atoms with Crippen LogP contribution in [0.2, 0.25) is 5.15 Å². The first-order valence-electron chi connectivity index (χ1n) is 6.47. The van der Waals surface area contributed by atoms with Crippen LogP contribution in [0.15, 0.2) is 42.7 Å². The highest BCUT2D eigenvalue weighted by Crippen LogP contribution is 2.12. The van der Waals surface area contributed by atoms with Gasteiger partial charge in [-0.2, -0.15) is 0 Å². The second-order valence-electron chi connectivity index (χ2n) is 4.65. The molecular weight excluding hydrogens is 288 g/mol. The van der Waals surface area contributed by atoms with Gasteiger partial charge < -0.3 is 5.32 Å². The van der Waals surface area contributed by atoms with Gasteiger partial charge in [-0.3, -0.25) is 9.20 Å². The molecule has 0 unspecified atom stereocenters. The Morgan fingerprint density at radius 1 is 1.33 bits per heavy atom. The Morgan fingerprint density at radius 2 is 2.19 bits per heavy atom. The Balaban J connectivity index is 1.81. The molecule has 6 heteroatoms. The largest absolute Gasteiger partial charge is 0.347 e. The van der Waals surface area contributed by atoms with Gasteiger partial charge in [0.2, 0.25) is 0 Å².